The molecule has 0 amide bonds. The monoisotopic (exact) mass is 298 g/mol. The van der Waals surface area contributed by atoms with Crippen LogP contribution in [0.3, 0.4) is 0 Å². The lowest BCUT2D eigenvalue weighted by molar-refractivity contribution is -0.137. The molecule has 2 aromatic heterocycles. The number of carbonyl (C=O) groups is 1. The van der Waals surface area contributed by atoms with Gasteiger partial charge in [0.1, 0.15) is 0 Å². The van der Waals surface area contributed by atoms with Gasteiger partial charge in [-0.3, -0.25) is 9.48 Å². The molecule has 0 fully saturated rings. The summed E-state index contributed by atoms with van der Waals surface area (Å²) in [5, 5.41) is 18.6. The van der Waals surface area contributed by atoms with E-state index in [0.29, 0.717) is 13.0 Å². The number of hydrogen-bond acceptors (Lipinski definition) is 4. The van der Waals surface area contributed by atoms with Crippen molar-refractivity contribution >= 4 is 33.6 Å². The highest BCUT2D eigenvalue weighted by Crippen LogP contribution is 2.32. The van der Waals surface area contributed by atoms with E-state index < -0.39 is 5.97 Å². The summed E-state index contributed by atoms with van der Waals surface area (Å²) in [4.78, 5) is 15.3. The summed E-state index contributed by atoms with van der Waals surface area (Å²) in [6.45, 7) is 2.56. The van der Waals surface area contributed by atoms with E-state index in [0.717, 1.165) is 33.3 Å². The first-order valence-corrected chi connectivity index (χ1v) is 7.25. The first-order valence-electron chi connectivity index (χ1n) is 7.25. The van der Waals surface area contributed by atoms with Crippen molar-refractivity contribution in [1.29, 1.82) is 0 Å². The minimum atomic E-state index is -0.774. The maximum absolute atomic E-state index is 10.6. The van der Waals surface area contributed by atoms with E-state index in [1.807, 2.05) is 38.2 Å². The van der Waals surface area contributed by atoms with Gasteiger partial charge in [0.25, 0.3) is 0 Å². The Hall–Kier alpha value is -2.63. The average molecular weight is 298 g/mol. The number of nitrogens with one attached hydrogen (secondary N) is 1. The molecule has 1 aromatic carbocycles. The van der Waals surface area contributed by atoms with Crippen LogP contribution in [0.5, 0.6) is 0 Å². The number of pyridine rings is 1. The first kappa shape index (κ1) is 14.3. The molecule has 3 aromatic rings. The van der Waals surface area contributed by atoms with E-state index in [-0.39, 0.29) is 6.42 Å². The number of rotatable bonds is 5. The molecule has 0 radical (unpaired) electrons. The van der Waals surface area contributed by atoms with Crippen molar-refractivity contribution < 1.29 is 9.90 Å². The van der Waals surface area contributed by atoms with Gasteiger partial charge >= 0.3 is 5.97 Å². The minimum Gasteiger partial charge on any atom is -0.481 e. The van der Waals surface area contributed by atoms with Gasteiger partial charge in [0, 0.05) is 25.4 Å². The second-order valence-electron chi connectivity index (χ2n) is 5.34. The zero-order valence-electron chi connectivity index (χ0n) is 12.6. The average Bonchev–Trinajstić information content (AvgIpc) is 2.77. The Morgan fingerprint density at radius 1 is 1.36 bits per heavy atom. The van der Waals surface area contributed by atoms with Crippen molar-refractivity contribution in [2.45, 2.75) is 19.8 Å². The normalized spacial score (nSPS) is 11.2. The van der Waals surface area contributed by atoms with Crippen LogP contribution in [0.15, 0.2) is 24.3 Å². The van der Waals surface area contributed by atoms with Crippen molar-refractivity contribution in [2.24, 2.45) is 7.05 Å². The van der Waals surface area contributed by atoms with Gasteiger partial charge in [-0.25, -0.2) is 4.98 Å². The summed E-state index contributed by atoms with van der Waals surface area (Å²) in [5.74, 6) is -0.774. The molecule has 2 N–H and O–H groups in total. The molecule has 0 atom stereocenters. The van der Waals surface area contributed by atoms with E-state index in [1.54, 1.807) is 4.68 Å². The number of hydrogen-bond donors (Lipinski definition) is 2. The van der Waals surface area contributed by atoms with Crippen LogP contribution < -0.4 is 5.32 Å². The highest BCUT2D eigenvalue weighted by molar-refractivity contribution is 6.07. The lowest BCUT2D eigenvalue weighted by atomic mass is 10.1. The number of nitrogens with zero attached hydrogens (tertiary/aromatic N) is 3. The second kappa shape index (κ2) is 5.63. The molecule has 0 saturated heterocycles. The number of para-hydroxylation sites is 1. The molecule has 0 aliphatic carbocycles. The third-order valence-electron chi connectivity index (χ3n) is 3.71. The molecular weight excluding hydrogens is 280 g/mol. The number of benzene rings is 1. The first-order chi connectivity index (χ1) is 10.6. The lowest BCUT2D eigenvalue weighted by Crippen LogP contribution is -2.06. The van der Waals surface area contributed by atoms with Crippen molar-refractivity contribution in [3.8, 4) is 0 Å². The van der Waals surface area contributed by atoms with Crippen LogP contribution in [-0.2, 0) is 11.8 Å². The number of aliphatic carboxylic acids is 1. The lowest BCUT2D eigenvalue weighted by Gasteiger charge is -2.11. The molecule has 6 nitrogen and oxygen atoms in total. The standard InChI is InChI=1S/C16H18N4O2/c1-10-14-15(17-9-5-8-13(21)22)11-6-3-4-7-12(11)18-16(14)20(2)19-10/h3-4,6-7H,5,8-9H2,1-2H3,(H,17,18)(H,21,22). The summed E-state index contributed by atoms with van der Waals surface area (Å²) in [5.41, 5.74) is 3.63. The van der Waals surface area contributed by atoms with Crippen LogP contribution in [0.2, 0.25) is 0 Å². The third-order valence-corrected chi connectivity index (χ3v) is 3.71. The van der Waals surface area contributed by atoms with Crippen LogP contribution in [0.4, 0.5) is 5.69 Å². The summed E-state index contributed by atoms with van der Waals surface area (Å²) in [6, 6.07) is 7.93. The second-order valence-corrected chi connectivity index (χ2v) is 5.34. The van der Waals surface area contributed by atoms with Crippen molar-refractivity contribution in [3.63, 3.8) is 0 Å². The molecule has 0 aliphatic heterocycles. The molecule has 114 valence electrons. The number of fused-ring (bicyclic) bond motifs is 2. The van der Waals surface area contributed by atoms with Gasteiger partial charge in [-0.05, 0) is 19.4 Å². The Labute approximate surface area is 127 Å². The van der Waals surface area contributed by atoms with Crippen LogP contribution in [0.25, 0.3) is 21.9 Å². The fourth-order valence-corrected chi connectivity index (χ4v) is 2.73. The van der Waals surface area contributed by atoms with E-state index in [4.69, 9.17) is 5.11 Å². The molecule has 3 rings (SSSR count). The van der Waals surface area contributed by atoms with Crippen LogP contribution in [0.1, 0.15) is 18.5 Å². The zero-order chi connectivity index (χ0) is 15.7. The highest BCUT2D eigenvalue weighted by atomic mass is 16.4. The van der Waals surface area contributed by atoms with Crippen LogP contribution in [-0.4, -0.2) is 32.4 Å². The summed E-state index contributed by atoms with van der Waals surface area (Å²) in [6.07, 6.45) is 0.734. The molecule has 2 heterocycles. The van der Waals surface area contributed by atoms with Crippen molar-refractivity contribution in [2.75, 3.05) is 11.9 Å². The van der Waals surface area contributed by atoms with Gasteiger partial charge in [0.2, 0.25) is 0 Å². The Morgan fingerprint density at radius 2 is 2.14 bits per heavy atom. The fraction of sp³-hybridized carbons (Fsp3) is 0.312. The quantitative estimate of drug-likeness (QED) is 0.708. The van der Waals surface area contributed by atoms with Gasteiger partial charge in [-0.2, -0.15) is 5.10 Å². The van der Waals surface area contributed by atoms with E-state index in [1.165, 1.54) is 0 Å². The Bertz CT molecular complexity index is 854. The van der Waals surface area contributed by atoms with Crippen molar-refractivity contribution in [3.05, 3.63) is 30.0 Å². The summed E-state index contributed by atoms with van der Waals surface area (Å²) >= 11 is 0. The number of anilines is 1. The predicted octanol–water partition coefficient (Wildman–Crippen LogP) is 2.71. The molecular formula is C16H18N4O2. The van der Waals surface area contributed by atoms with Crippen LogP contribution >= 0.6 is 0 Å². The minimum absolute atomic E-state index is 0.158. The zero-order valence-corrected chi connectivity index (χ0v) is 12.6. The van der Waals surface area contributed by atoms with Gasteiger partial charge in [-0.1, -0.05) is 18.2 Å². The van der Waals surface area contributed by atoms with E-state index >= 15 is 0 Å². The molecule has 0 spiro atoms. The molecule has 0 bridgehead atoms. The Balaban J connectivity index is 2.08. The SMILES string of the molecule is Cc1nn(C)c2nc3ccccc3c(NCCCC(=O)O)c12. The topological polar surface area (TPSA) is 80.0 Å². The summed E-state index contributed by atoms with van der Waals surface area (Å²) < 4.78 is 1.78. The van der Waals surface area contributed by atoms with E-state index in [9.17, 15) is 4.79 Å². The smallest absolute Gasteiger partial charge is 0.303 e. The third kappa shape index (κ3) is 2.47. The highest BCUT2D eigenvalue weighted by Gasteiger charge is 2.15. The van der Waals surface area contributed by atoms with Gasteiger partial charge in [0.15, 0.2) is 5.65 Å². The maximum atomic E-state index is 10.6. The summed E-state index contributed by atoms with van der Waals surface area (Å²) in [7, 11) is 1.88. The number of aryl methyl sites for hydroxylation is 2. The number of carboxylic acid groups (broad SMARTS) is 1. The predicted molar refractivity (Wildman–Crippen MR) is 86.1 cm³/mol. The van der Waals surface area contributed by atoms with Crippen molar-refractivity contribution in [1.82, 2.24) is 14.8 Å². The van der Waals surface area contributed by atoms with E-state index in [2.05, 4.69) is 15.4 Å². The number of carboxylic acids is 1. The maximum Gasteiger partial charge on any atom is 0.303 e. The van der Waals surface area contributed by atoms with Crippen LogP contribution in [0, 0.1) is 6.92 Å². The molecule has 0 unspecified atom stereocenters. The fourth-order valence-electron chi connectivity index (χ4n) is 2.73. The Morgan fingerprint density at radius 3 is 2.91 bits per heavy atom. The molecule has 6 heteroatoms. The largest absolute Gasteiger partial charge is 0.481 e. The Kier molecular flexibility index (Phi) is 3.66. The molecule has 0 aliphatic rings. The van der Waals surface area contributed by atoms with Gasteiger partial charge < -0.3 is 10.4 Å². The number of aromatic nitrogens is 3. The van der Waals surface area contributed by atoms with Gasteiger partial charge in [-0.15, -0.1) is 0 Å². The molecule has 22 heavy (non-hydrogen) atoms. The molecule has 0 saturated carbocycles. The van der Waals surface area contributed by atoms with Gasteiger partial charge in [0.05, 0.1) is 22.3 Å².